The normalized spacial score (nSPS) is 30.1. The fourth-order valence-corrected chi connectivity index (χ4v) is 6.17. The van der Waals surface area contributed by atoms with Crippen LogP contribution in [0.25, 0.3) is 0 Å². The van der Waals surface area contributed by atoms with E-state index in [1.807, 2.05) is 6.07 Å². The van der Waals surface area contributed by atoms with E-state index in [-0.39, 0.29) is 24.4 Å². The molecule has 3 aliphatic heterocycles. The van der Waals surface area contributed by atoms with Gasteiger partial charge >= 0.3 is 29.8 Å². The van der Waals surface area contributed by atoms with Gasteiger partial charge < -0.3 is 47.7 Å². The Bertz CT molecular complexity index is 1570. The number of aliphatic hydroxyl groups is 1. The first-order chi connectivity index (χ1) is 25.0. The molecule has 1 aromatic carbocycles. The van der Waals surface area contributed by atoms with Crippen molar-refractivity contribution in [2.75, 3.05) is 13.2 Å². The summed E-state index contributed by atoms with van der Waals surface area (Å²) < 4.78 is 51.6. The first-order valence-electron chi connectivity index (χ1n) is 16.6. The topological polar surface area (TPSA) is 226 Å². The van der Waals surface area contributed by atoms with Crippen molar-refractivity contribution in [3.63, 3.8) is 0 Å². The third-order valence-corrected chi connectivity index (χ3v) is 8.51. The van der Waals surface area contributed by atoms with E-state index in [0.29, 0.717) is 4.90 Å². The van der Waals surface area contributed by atoms with Crippen molar-refractivity contribution in [1.29, 1.82) is 0 Å². The molecule has 2 amide bonds. The summed E-state index contributed by atoms with van der Waals surface area (Å²) in [6.45, 7) is 7.29. The summed E-state index contributed by atoms with van der Waals surface area (Å²) >= 11 is 0. The van der Waals surface area contributed by atoms with Crippen molar-refractivity contribution in [2.45, 2.75) is 116 Å². The number of carbonyl (C=O) groups excluding carboxylic acids is 7. The molecule has 0 aromatic heterocycles. The van der Waals surface area contributed by atoms with Crippen molar-refractivity contribution < 1.29 is 81.3 Å². The predicted molar refractivity (Wildman–Crippen MR) is 173 cm³/mol. The van der Waals surface area contributed by atoms with E-state index in [2.05, 4.69) is 0 Å². The van der Waals surface area contributed by atoms with Crippen LogP contribution in [0.4, 0.5) is 0 Å². The van der Waals surface area contributed by atoms with Crippen molar-refractivity contribution in [1.82, 2.24) is 4.90 Å². The van der Waals surface area contributed by atoms with E-state index in [1.54, 1.807) is 24.3 Å². The number of nitrogens with zero attached hydrogens (tertiary/aromatic N) is 1. The zero-order valence-electron chi connectivity index (χ0n) is 30.2. The van der Waals surface area contributed by atoms with E-state index in [9.17, 15) is 38.7 Å². The van der Waals surface area contributed by atoms with Gasteiger partial charge in [0.2, 0.25) is 0 Å². The third-order valence-electron chi connectivity index (χ3n) is 8.51. The fourth-order valence-electron chi connectivity index (χ4n) is 6.17. The van der Waals surface area contributed by atoms with Crippen molar-refractivity contribution in [3.8, 4) is 0 Å². The van der Waals surface area contributed by atoms with E-state index < -0.39 is 110 Å². The largest absolute Gasteiger partial charge is 0.463 e. The second kappa shape index (κ2) is 17.8. The molecule has 0 bridgehead atoms. The molecule has 18 heteroatoms. The second-order valence-electron chi connectivity index (χ2n) is 12.5. The molecule has 0 spiro atoms. The lowest BCUT2D eigenvalue weighted by Crippen LogP contribution is -2.70. The molecule has 4 rings (SSSR count). The van der Waals surface area contributed by atoms with E-state index >= 15 is 0 Å². The molecule has 18 nitrogen and oxygen atoms in total. The summed E-state index contributed by atoms with van der Waals surface area (Å²) in [5, 5.41) is 11.4. The summed E-state index contributed by atoms with van der Waals surface area (Å²) in [6, 6.07) is 7.24. The van der Waals surface area contributed by atoms with Crippen LogP contribution in [0.3, 0.4) is 0 Å². The minimum Gasteiger partial charge on any atom is -0.463 e. The number of amides is 2. The number of hydrogen-bond acceptors (Lipinski definition) is 17. The molecule has 10 atom stereocenters. The molecule has 290 valence electrons. The lowest BCUT2D eigenvalue weighted by Gasteiger charge is -2.49. The number of hydrogen-bond donors (Lipinski definition) is 1. The molecule has 3 aliphatic rings. The van der Waals surface area contributed by atoms with Gasteiger partial charge in [0.05, 0.1) is 13.2 Å². The van der Waals surface area contributed by atoms with Crippen LogP contribution in [0.2, 0.25) is 0 Å². The smallest absolute Gasteiger partial charge is 0.303 e. The van der Waals surface area contributed by atoms with Crippen LogP contribution in [0.1, 0.15) is 54.0 Å². The molecule has 2 fully saturated rings. The lowest BCUT2D eigenvalue weighted by molar-refractivity contribution is -0.349. The Morgan fingerprint density at radius 2 is 1.15 bits per heavy atom. The minimum atomic E-state index is -2.03. The molecule has 3 heterocycles. The summed E-state index contributed by atoms with van der Waals surface area (Å²) in [5.74, 6) is -5.92. The van der Waals surface area contributed by atoms with Crippen LogP contribution in [-0.2, 0) is 82.8 Å². The maximum absolute atomic E-state index is 13.5. The molecule has 1 N–H and O–H groups in total. The number of imide groups is 1. The Morgan fingerprint density at radius 3 is 1.68 bits per heavy atom. The Hall–Kier alpha value is -4.75. The zero-order chi connectivity index (χ0) is 39.1. The molecule has 1 aromatic rings. The van der Waals surface area contributed by atoms with E-state index in [4.69, 9.17) is 42.6 Å². The lowest BCUT2D eigenvalue weighted by atomic mass is 9.93. The van der Waals surface area contributed by atoms with Crippen molar-refractivity contribution in [3.05, 3.63) is 47.0 Å². The summed E-state index contributed by atoms with van der Waals surface area (Å²) in [7, 11) is 0. The molecule has 0 radical (unpaired) electrons. The monoisotopic (exact) mass is 749 g/mol. The summed E-state index contributed by atoms with van der Waals surface area (Å²) in [5.41, 5.74) is 0.873. The molecule has 2 saturated heterocycles. The van der Waals surface area contributed by atoms with Gasteiger partial charge in [0.15, 0.2) is 37.0 Å². The zero-order valence-corrected chi connectivity index (χ0v) is 30.2. The highest BCUT2D eigenvalue weighted by Crippen LogP contribution is 2.37. The second-order valence-corrected chi connectivity index (χ2v) is 12.5. The SMILES string of the molecule is CC(=O)OC[C@H]1O[C@@H](O)[C@H](N2C(=O)C(C)=C(C)C2=O)[C@@H](O[C@@H]2O[C@H](COCc3ccccc3)[C@H](OC(C)=O)[C@H](OC(C)=O)[C@H]2OC(C)=O)[C@@H]1OC(C)=O. The van der Waals surface area contributed by atoms with Gasteiger partial charge in [0.1, 0.15) is 31.0 Å². The molecular weight excluding hydrogens is 706 g/mol. The number of benzene rings is 1. The van der Waals surface area contributed by atoms with Crippen LogP contribution in [0, 0.1) is 0 Å². The van der Waals surface area contributed by atoms with Gasteiger partial charge in [-0.05, 0) is 19.4 Å². The number of aliphatic hydroxyl groups excluding tert-OH is 1. The van der Waals surface area contributed by atoms with Gasteiger partial charge in [-0.15, -0.1) is 0 Å². The van der Waals surface area contributed by atoms with E-state index in [0.717, 1.165) is 40.2 Å². The number of ether oxygens (including phenoxy) is 9. The maximum atomic E-state index is 13.5. The third kappa shape index (κ3) is 10.0. The highest BCUT2D eigenvalue weighted by Gasteiger charge is 2.59. The Morgan fingerprint density at radius 1 is 0.660 bits per heavy atom. The number of rotatable bonds is 13. The molecular formula is C35H43NO17. The van der Waals surface area contributed by atoms with Gasteiger partial charge in [0.25, 0.3) is 11.8 Å². The molecule has 0 saturated carbocycles. The van der Waals surface area contributed by atoms with E-state index in [1.165, 1.54) is 13.8 Å². The van der Waals surface area contributed by atoms with Crippen molar-refractivity contribution >= 4 is 41.7 Å². The van der Waals surface area contributed by atoms with Gasteiger partial charge in [-0.25, -0.2) is 0 Å². The maximum Gasteiger partial charge on any atom is 0.303 e. The highest BCUT2D eigenvalue weighted by atomic mass is 16.7. The Balaban J connectivity index is 1.82. The predicted octanol–water partition coefficient (Wildman–Crippen LogP) is 0.394. The molecule has 0 aliphatic carbocycles. The van der Waals surface area contributed by atoms with Crippen LogP contribution in [0.5, 0.6) is 0 Å². The Kier molecular flexibility index (Phi) is 13.8. The first kappa shape index (κ1) is 41.0. The van der Waals surface area contributed by atoms with Crippen LogP contribution < -0.4 is 0 Å². The van der Waals surface area contributed by atoms with Gasteiger partial charge in [-0.3, -0.25) is 38.5 Å². The fraction of sp³-hybridized carbons (Fsp3) is 0.571. The number of carbonyl (C=O) groups is 7. The van der Waals surface area contributed by atoms with Gasteiger partial charge in [-0.2, -0.15) is 0 Å². The standard InChI is InChI=1S/C35H43NO17/c1-16-17(2)33(43)36(32(16)42)26-29(27(47-19(4)38)25(51-34(26)44)15-46-18(3)37)53-35-31(50-22(7)41)30(49-21(6)40)28(48-20(5)39)24(52-35)14-45-13-23-11-9-8-10-12-23/h8-12,24-31,34-35,44H,13-15H2,1-7H3/t24-,25-,26-,27-,28+,29-,30+,31-,34-,35+/m1/s1. The quantitative estimate of drug-likeness (QED) is 0.164. The average Bonchev–Trinajstić information content (AvgIpc) is 3.25. The molecule has 53 heavy (non-hydrogen) atoms. The van der Waals surface area contributed by atoms with Gasteiger partial charge in [0, 0.05) is 45.8 Å². The van der Waals surface area contributed by atoms with Gasteiger partial charge in [-0.1, -0.05) is 30.3 Å². The number of esters is 5. The first-order valence-corrected chi connectivity index (χ1v) is 16.6. The molecule has 0 unspecified atom stereocenters. The van der Waals surface area contributed by atoms with Crippen LogP contribution in [-0.4, -0.2) is 126 Å². The van der Waals surface area contributed by atoms with Crippen LogP contribution >= 0.6 is 0 Å². The van der Waals surface area contributed by atoms with Crippen molar-refractivity contribution in [2.24, 2.45) is 0 Å². The highest BCUT2D eigenvalue weighted by molar-refractivity contribution is 6.19. The summed E-state index contributed by atoms with van der Waals surface area (Å²) in [4.78, 5) is 89.3. The average molecular weight is 750 g/mol. The Labute approximate surface area is 304 Å². The minimum absolute atomic E-state index is 0.0495. The van der Waals surface area contributed by atoms with Crippen LogP contribution in [0.15, 0.2) is 41.5 Å². The summed E-state index contributed by atoms with van der Waals surface area (Å²) in [6.07, 6.45) is -14.7.